The SMILES string of the molecule is CCNC(=NCc1ncccc1C)NCC(c1ccco1)N1CCCCC1. The molecule has 1 saturated heterocycles. The van der Waals surface area contributed by atoms with Gasteiger partial charge in [0.15, 0.2) is 5.96 Å². The maximum absolute atomic E-state index is 5.73. The van der Waals surface area contributed by atoms with Gasteiger partial charge in [-0.3, -0.25) is 9.88 Å². The summed E-state index contributed by atoms with van der Waals surface area (Å²) in [6.07, 6.45) is 7.41. The number of hydrogen-bond donors (Lipinski definition) is 2. The van der Waals surface area contributed by atoms with Gasteiger partial charge in [0, 0.05) is 19.3 Å². The standard InChI is InChI=1S/C21H31N5O/c1-3-22-21(24-15-18-17(2)9-7-11-23-18)25-16-19(20-10-8-14-27-20)26-12-5-4-6-13-26/h7-11,14,19H,3-6,12-13,15-16H2,1-2H3,(H2,22,24,25). The third kappa shape index (κ3) is 5.57. The van der Waals surface area contributed by atoms with Crippen LogP contribution in [0.3, 0.4) is 0 Å². The minimum Gasteiger partial charge on any atom is -0.468 e. The van der Waals surface area contributed by atoms with E-state index in [9.17, 15) is 0 Å². The Balaban J connectivity index is 1.66. The van der Waals surface area contributed by atoms with Crippen molar-refractivity contribution in [2.24, 2.45) is 4.99 Å². The van der Waals surface area contributed by atoms with Crippen LogP contribution in [0.1, 0.15) is 49.2 Å². The van der Waals surface area contributed by atoms with Crippen LogP contribution in [0.5, 0.6) is 0 Å². The number of aliphatic imine (C=N–C) groups is 1. The van der Waals surface area contributed by atoms with Crippen LogP contribution in [0.15, 0.2) is 46.1 Å². The van der Waals surface area contributed by atoms with Gasteiger partial charge >= 0.3 is 0 Å². The fourth-order valence-electron chi connectivity index (χ4n) is 3.49. The molecule has 6 heteroatoms. The quantitative estimate of drug-likeness (QED) is 0.579. The second kappa shape index (κ2) is 10.1. The molecular formula is C21H31N5O. The van der Waals surface area contributed by atoms with Gasteiger partial charge in [0.1, 0.15) is 5.76 Å². The Morgan fingerprint density at radius 2 is 2.07 bits per heavy atom. The Hall–Kier alpha value is -2.34. The zero-order valence-corrected chi connectivity index (χ0v) is 16.4. The van der Waals surface area contributed by atoms with Gasteiger partial charge in [0.25, 0.3) is 0 Å². The Morgan fingerprint density at radius 1 is 1.22 bits per heavy atom. The topological polar surface area (TPSA) is 65.7 Å². The molecule has 2 N–H and O–H groups in total. The van der Waals surface area contributed by atoms with Crippen LogP contribution in [-0.4, -0.2) is 42.0 Å². The minimum absolute atomic E-state index is 0.223. The first-order chi connectivity index (χ1) is 13.3. The van der Waals surface area contributed by atoms with Crippen LogP contribution in [0.2, 0.25) is 0 Å². The Morgan fingerprint density at radius 3 is 2.78 bits per heavy atom. The lowest BCUT2D eigenvalue weighted by atomic mass is 10.1. The van der Waals surface area contributed by atoms with E-state index in [0.717, 1.165) is 43.6 Å². The van der Waals surface area contributed by atoms with Gasteiger partial charge in [-0.15, -0.1) is 0 Å². The number of aryl methyl sites for hydroxylation is 1. The molecule has 27 heavy (non-hydrogen) atoms. The maximum atomic E-state index is 5.73. The summed E-state index contributed by atoms with van der Waals surface area (Å²) in [6.45, 7) is 8.54. The molecule has 2 aromatic heterocycles. The number of rotatable bonds is 7. The first kappa shape index (κ1) is 19.4. The molecule has 1 fully saturated rings. The molecule has 1 atom stereocenters. The monoisotopic (exact) mass is 369 g/mol. The molecule has 1 unspecified atom stereocenters. The maximum Gasteiger partial charge on any atom is 0.191 e. The van der Waals surface area contributed by atoms with Gasteiger partial charge in [-0.25, -0.2) is 4.99 Å². The fraction of sp³-hybridized carbons (Fsp3) is 0.524. The van der Waals surface area contributed by atoms with Crippen molar-refractivity contribution in [2.75, 3.05) is 26.2 Å². The van der Waals surface area contributed by atoms with Crippen molar-refractivity contribution in [1.82, 2.24) is 20.5 Å². The van der Waals surface area contributed by atoms with E-state index in [2.05, 4.69) is 46.5 Å². The van der Waals surface area contributed by atoms with E-state index in [-0.39, 0.29) is 6.04 Å². The number of likely N-dealkylation sites (tertiary alicyclic amines) is 1. The fourth-order valence-corrected chi connectivity index (χ4v) is 3.49. The molecule has 3 rings (SSSR count). The van der Waals surface area contributed by atoms with Gasteiger partial charge in [-0.1, -0.05) is 12.5 Å². The molecule has 0 aromatic carbocycles. The summed E-state index contributed by atoms with van der Waals surface area (Å²) in [4.78, 5) is 11.7. The second-order valence-electron chi connectivity index (χ2n) is 6.97. The highest BCUT2D eigenvalue weighted by Crippen LogP contribution is 2.24. The molecule has 0 saturated carbocycles. The van der Waals surface area contributed by atoms with Gasteiger partial charge < -0.3 is 15.1 Å². The average molecular weight is 370 g/mol. The zero-order valence-electron chi connectivity index (χ0n) is 16.4. The average Bonchev–Trinajstić information content (AvgIpc) is 3.22. The third-order valence-electron chi connectivity index (χ3n) is 5.01. The van der Waals surface area contributed by atoms with E-state index in [0.29, 0.717) is 6.54 Å². The summed E-state index contributed by atoms with van der Waals surface area (Å²) in [6, 6.07) is 8.29. The zero-order chi connectivity index (χ0) is 18.9. The molecule has 2 aromatic rings. The molecule has 0 amide bonds. The van der Waals surface area contributed by atoms with Crippen LogP contribution in [0.25, 0.3) is 0 Å². The van der Waals surface area contributed by atoms with E-state index in [1.807, 2.05) is 18.3 Å². The second-order valence-corrected chi connectivity index (χ2v) is 6.97. The van der Waals surface area contributed by atoms with Crippen molar-refractivity contribution in [2.45, 2.75) is 45.7 Å². The highest BCUT2D eigenvalue weighted by atomic mass is 16.3. The van der Waals surface area contributed by atoms with Crippen molar-refractivity contribution >= 4 is 5.96 Å². The largest absolute Gasteiger partial charge is 0.468 e. The smallest absolute Gasteiger partial charge is 0.191 e. The first-order valence-electron chi connectivity index (χ1n) is 9.98. The molecule has 3 heterocycles. The first-order valence-corrected chi connectivity index (χ1v) is 9.98. The third-order valence-corrected chi connectivity index (χ3v) is 5.01. The van der Waals surface area contributed by atoms with Gasteiger partial charge in [0.2, 0.25) is 0 Å². The number of nitrogens with one attached hydrogen (secondary N) is 2. The lowest BCUT2D eigenvalue weighted by Gasteiger charge is -2.33. The van der Waals surface area contributed by atoms with Crippen molar-refractivity contribution in [3.63, 3.8) is 0 Å². The van der Waals surface area contributed by atoms with Crippen molar-refractivity contribution in [3.8, 4) is 0 Å². The molecule has 0 radical (unpaired) electrons. The molecule has 1 aliphatic rings. The summed E-state index contributed by atoms with van der Waals surface area (Å²) in [7, 11) is 0. The number of pyridine rings is 1. The lowest BCUT2D eigenvalue weighted by Crippen LogP contribution is -2.44. The van der Waals surface area contributed by atoms with Crippen molar-refractivity contribution in [3.05, 3.63) is 53.7 Å². The highest BCUT2D eigenvalue weighted by molar-refractivity contribution is 5.79. The normalized spacial score (nSPS) is 16.9. The van der Waals surface area contributed by atoms with Crippen LogP contribution in [0.4, 0.5) is 0 Å². The van der Waals surface area contributed by atoms with Gasteiger partial charge in [0.05, 0.1) is 24.5 Å². The molecule has 0 aliphatic carbocycles. The van der Waals surface area contributed by atoms with Crippen LogP contribution < -0.4 is 10.6 Å². The summed E-state index contributed by atoms with van der Waals surface area (Å²) >= 11 is 0. The number of furan rings is 1. The van der Waals surface area contributed by atoms with Crippen LogP contribution >= 0.6 is 0 Å². The predicted molar refractivity (Wildman–Crippen MR) is 109 cm³/mol. The van der Waals surface area contributed by atoms with Crippen molar-refractivity contribution < 1.29 is 4.42 Å². The van der Waals surface area contributed by atoms with E-state index < -0.39 is 0 Å². The number of nitrogens with zero attached hydrogens (tertiary/aromatic N) is 3. The summed E-state index contributed by atoms with van der Waals surface area (Å²) in [5.41, 5.74) is 2.17. The molecule has 1 aliphatic heterocycles. The Bertz CT molecular complexity index is 707. The highest BCUT2D eigenvalue weighted by Gasteiger charge is 2.24. The van der Waals surface area contributed by atoms with E-state index in [4.69, 9.17) is 9.41 Å². The Kier molecular flexibility index (Phi) is 7.27. The number of aromatic nitrogens is 1. The minimum atomic E-state index is 0.223. The van der Waals surface area contributed by atoms with Gasteiger partial charge in [-0.05, 0) is 63.5 Å². The van der Waals surface area contributed by atoms with E-state index in [1.54, 1.807) is 6.26 Å². The molecule has 6 nitrogen and oxygen atoms in total. The molecule has 146 valence electrons. The van der Waals surface area contributed by atoms with Crippen LogP contribution in [-0.2, 0) is 6.54 Å². The summed E-state index contributed by atoms with van der Waals surface area (Å²) in [5.74, 6) is 1.83. The number of piperidine rings is 1. The molecular weight excluding hydrogens is 338 g/mol. The van der Waals surface area contributed by atoms with Gasteiger partial charge in [-0.2, -0.15) is 0 Å². The van der Waals surface area contributed by atoms with Crippen LogP contribution in [0, 0.1) is 6.92 Å². The summed E-state index contributed by atoms with van der Waals surface area (Å²) < 4.78 is 5.73. The molecule has 0 spiro atoms. The molecule has 0 bridgehead atoms. The number of guanidine groups is 1. The summed E-state index contributed by atoms with van der Waals surface area (Å²) in [5, 5.41) is 6.84. The Labute approximate surface area is 162 Å². The van der Waals surface area contributed by atoms with Crippen molar-refractivity contribution in [1.29, 1.82) is 0 Å². The number of hydrogen-bond acceptors (Lipinski definition) is 4. The van der Waals surface area contributed by atoms with E-state index in [1.165, 1.54) is 24.8 Å². The van der Waals surface area contributed by atoms with E-state index >= 15 is 0 Å². The predicted octanol–water partition coefficient (Wildman–Crippen LogP) is 3.27. The lowest BCUT2D eigenvalue weighted by molar-refractivity contribution is 0.146.